The molecule has 0 saturated carbocycles. The van der Waals surface area contributed by atoms with E-state index in [1.54, 1.807) is 18.2 Å². The largest absolute Gasteiger partial charge is 0.465 e. The van der Waals surface area contributed by atoms with Crippen molar-refractivity contribution in [2.24, 2.45) is 0 Å². The molecule has 0 spiro atoms. The second-order valence-corrected chi connectivity index (χ2v) is 5.99. The number of benzene rings is 2. The van der Waals surface area contributed by atoms with Crippen LogP contribution in [0.4, 0.5) is 5.69 Å². The van der Waals surface area contributed by atoms with Gasteiger partial charge in [-0.25, -0.2) is 4.79 Å². The average Bonchev–Trinajstić information content (AvgIpc) is 3.21. The van der Waals surface area contributed by atoms with Crippen molar-refractivity contribution in [3.05, 3.63) is 88.8 Å². The first kappa shape index (κ1) is 18.5. The molecule has 27 heavy (non-hydrogen) atoms. The van der Waals surface area contributed by atoms with E-state index in [9.17, 15) is 9.59 Å². The summed E-state index contributed by atoms with van der Waals surface area (Å²) < 4.78 is 10.0. The summed E-state index contributed by atoms with van der Waals surface area (Å²) in [6.07, 6.45) is 3.17. The first-order valence-electron chi connectivity index (χ1n) is 8.08. The number of carbonyl (C=O) groups is 2. The fourth-order valence-corrected chi connectivity index (χ4v) is 2.63. The number of carbonyl (C=O) groups excluding carboxylic acids is 2. The number of ether oxygens (including phenoxy) is 1. The van der Waals surface area contributed by atoms with E-state index in [-0.39, 0.29) is 11.5 Å². The zero-order valence-corrected chi connectivity index (χ0v) is 15.2. The molecule has 0 radical (unpaired) electrons. The van der Waals surface area contributed by atoms with Crippen LogP contribution in [0.2, 0.25) is 5.02 Å². The highest BCUT2D eigenvalue weighted by Crippen LogP contribution is 2.26. The molecule has 1 N–H and O–H groups in total. The van der Waals surface area contributed by atoms with Crippen LogP contribution in [0.5, 0.6) is 0 Å². The van der Waals surface area contributed by atoms with Gasteiger partial charge in [0.2, 0.25) is 0 Å². The number of hydrogen-bond donors (Lipinski definition) is 1. The highest BCUT2D eigenvalue weighted by Gasteiger charge is 2.16. The third kappa shape index (κ3) is 4.46. The highest BCUT2D eigenvalue weighted by molar-refractivity contribution is 6.36. The normalized spacial score (nSPS) is 11.1. The fourth-order valence-electron chi connectivity index (χ4n) is 2.47. The van der Waals surface area contributed by atoms with Crippen molar-refractivity contribution < 1.29 is 18.7 Å². The summed E-state index contributed by atoms with van der Waals surface area (Å²) >= 11 is 6.18. The zero-order valence-electron chi connectivity index (χ0n) is 14.4. The van der Waals surface area contributed by atoms with Gasteiger partial charge < -0.3 is 14.5 Å². The zero-order chi connectivity index (χ0) is 19.2. The van der Waals surface area contributed by atoms with E-state index >= 15 is 0 Å². The van der Waals surface area contributed by atoms with E-state index in [4.69, 9.17) is 20.8 Å². The van der Waals surface area contributed by atoms with Crippen LogP contribution in [-0.2, 0) is 9.53 Å². The lowest BCUT2D eigenvalue weighted by Crippen LogP contribution is -2.14. The average molecular weight is 382 g/mol. The first-order chi connectivity index (χ1) is 13.1. The molecule has 1 heterocycles. The smallest absolute Gasteiger partial charge is 0.337 e. The van der Waals surface area contributed by atoms with Crippen molar-refractivity contribution in [3.63, 3.8) is 0 Å². The standard InChI is InChI=1S/C21H16ClNO4/c1-26-21(25)15-9-10-18(22)19(12-15)23-20(24)17(13-16-8-5-11-27-16)14-6-3-2-4-7-14/h2-13H,1H3,(H,23,24)/b17-13+. The van der Waals surface area contributed by atoms with Crippen molar-refractivity contribution in [1.82, 2.24) is 0 Å². The Morgan fingerprint density at radius 2 is 1.81 bits per heavy atom. The summed E-state index contributed by atoms with van der Waals surface area (Å²) in [7, 11) is 1.29. The van der Waals surface area contributed by atoms with Gasteiger partial charge in [-0.1, -0.05) is 41.9 Å². The van der Waals surface area contributed by atoms with Gasteiger partial charge in [-0.3, -0.25) is 4.79 Å². The summed E-state index contributed by atoms with van der Waals surface area (Å²) in [6.45, 7) is 0. The summed E-state index contributed by atoms with van der Waals surface area (Å²) in [6, 6.07) is 17.2. The Morgan fingerprint density at radius 3 is 2.48 bits per heavy atom. The quantitative estimate of drug-likeness (QED) is 0.504. The van der Waals surface area contributed by atoms with Crippen molar-refractivity contribution in [2.75, 3.05) is 12.4 Å². The lowest BCUT2D eigenvalue weighted by molar-refractivity contribution is -0.111. The Hall–Kier alpha value is -3.31. The molecule has 1 amide bonds. The molecule has 0 bridgehead atoms. The maximum atomic E-state index is 12.9. The lowest BCUT2D eigenvalue weighted by atomic mass is 10.0. The molecule has 0 atom stereocenters. The Balaban J connectivity index is 1.95. The third-order valence-electron chi connectivity index (χ3n) is 3.79. The molecule has 1 aromatic heterocycles. The van der Waals surface area contributed by atoms with Gasteiger partial charge in [-0.05, 0) is 42.0 Å². The molecule has 5 nitrogen and oxygen atoms in total. The molecule has 0 aliphatic carbocycles. The van der Waals surface area contributed by atoms with Crippen molar-refractivity contribution in [1.29, 1.82) is 0 Å². The monoisotopic (exact) mass is 381 g/mol. The molecule has 3 aromatic rings. The van der Waals surface area contributed by atoms with E-state index in [0.29, 0.717) is 27.6 Å². The predicted molar refractivity (Wildman–Crippen MR) is 104 cm³/mol. The SMILES string of the molecule is COC(=O)c1ccc(Cl)c(NC(=O)/C(=C/c2ccco2)c2ccccc2)c1. The number of rotatable bonds is 5. The Kier molecular flexibility index (Phi) is 5.74. The Bertz CT molecular complexity index is 979. The van der Waals surface area contributed by atoms with E-state index in [1.165, 1.54) is 31.6 Å². The van der Waals surface area contributed by atoms with Crippen LogP contribution >= 0.6 is 11.6 Å². The molecule has 0 unspecified atom stereocenters. The molecule has 0 aliphatic rings. The predicted octanol–water partition coefficient (Wildman–Crippen LogP) is 4.90. The van der Waals surface area contributed by atoms with Gasteiger partial charge in [-0.15, -0.1) is 0 Å². The minimum atomic E-state index is -0.517. The molecule has 2 aromatic carbocycles. The first-order valence-corrected chi connectivity index (χ1v) is 8.46. The Morgan fingerprint density at radius 1 is 1.04 bits per heavy atom. The minimum absolute atomic E-state index is 0.286. The second-order valence-electron chi connectivity index (χ2n) is 5.58. The van der Waals surface area contributed by atoms with E-state index < -0.39 is 5.97 Å². The van der Waals surface area contributed by atoms with Gasteiger partial charge >= 0.3 is 5.97 Å². The van der Waals surface area contributed by atoms with Crippen LogP contribution in [0.15, 0.2) is 71.3 Å². The molecule has 6 heteroatoms. The van der Waals surface area contributed by atoms with Crippen molar-refractivity contribution in [2.45, 2.75) is 0 Å². The number of halogens is 1. The van der Waals surface area contributed by atoms with Crippen molar-refractivity contribution >= 4 is 40.8 Å². The Labute approximate surface area is 161 Å². The van der Waals surface area contributed by atoms with Gasteiger partial charge in [0.15, 0.2) is 0 Å². The van der Waals surface area contributed by atoms with Crippen molar-refractivity contribution in [3.8, 4) is 0 Å². The third-order valence-corrected chi connectivity index (χ3v) is 4.12. The number of furan rings is 1. The number of amides is 1. The maximum Gasteiger partial charge on any atom is 0.337 e. The van der Waals surface area contributed by atoms with Crippen LogP contribution in [0.25, 0.3) is 11.6 Å². The molecule has 3 rings (SSSR count). The van der Waals surface area contributed by atoms with Gasteiger partial charge in [0.05, 0.1) is 35.2 Å². The van der Waals surface area contributed by atoms with Crippen LogP contribution in [0.1, 0.15) is 21.7 Å². The molecule has 0 saturated heterocycles. The van der Waals surface area contributed by atoms with E-state index in [1.807, 2.05) is 30.3 Å². The summed E-state index contributed by atoms with van der Waals surface area (Å²) in [5.74, 6) is -0.364. The molecule has 0 fully saturated rings. The number of hydrogen-bond acceptors (Lipinski definition) is 4. The van der Waals surface area contributed by atoms with Gasteiger partial charge in [0.25, 0.3) is 5.91 Å². The number of anilines is 1. The van der Waals surface area contributed by atoms with Crippen LogP contribution in [0, 0.1) is 0 Å². The molecular weight excluding hydrogens is 366 g/mol. The number of esters is 1. The highest BCUT2D eigenvalue weighted by atomic mass is 35.5. The number of methoxy groups -OCH3 is 1. The van der Waals surface area contributed by atoms with Gasteiger partial charge in [0, 0.05) is 0 Å². The van der Waals surface area contributed by atoms with Gasteiger partial charge in [-0.2, -0.15) is 0 Å². The second kappa shape index (κ2) is 8.38. The summed E-state index contributed by atoms with van der Waals surface area (Å²) in [4.78, 5) is 24.7. The minimum Gasteiger partial charge on any atom is -0.465 e. The number of nitrogens with one attached hydrogen (secondary N) is 1. The van der Waals surface area contributed by atoms with E-state index in [0.717, 1.165) is 0 Å². The van der Waals surface area contributed by atoms with Crippen LogP contribution in [0.3, 0.4) is 0 Å². The molecule has 0 aliphatic heterocycles. The molecular formula is C21H16ClNO4. The molecule has 136 valence electrons. The lowest BCUT2D eigenvalue weighted by Gasteiger charge is -2.11. The van der Waals surface area contributed by atoms with Crippen LogP contribution < -0.4 is 5.32 Å². The topological polar surface area (TPSA) is 68.5 Å². The van der Waals surface area contributed by atoms with E-state index in [2.05, 4.69) is 5.32 Å². The maximum absolute atomic E-state index is 12.9. The van der Waals surface area contributed by atoms with Gasteiger partial charge in [0.1, 0.15) is 5.76 Å². The summed E-state index contributed by atoms with van der Waals surface area (Å²) in [5, 5.41) is 3.06. The van der Waals surface area contributed by atoms with Crippen LogP contribution in [-0.4, -0.2) is 19.0 Å². The summed E-state index contributed by atoms with van der Waals surface area (Å²) in [5.41, 5.74) is 1.70. The fraction of sp³-hybridized carbons (Fsp3) is 0.0476.